The van der Waals surface area contributed by atoms with Crippen molar-refractivity contribution in [3.8, 4) is 0 Å². The van der Waals surface area contributed by atoms with Gasteiger partial charge in [0.25, 0.3) is 0 Å². The number of nitrogens with two attached hydrogens (primary N) is 1. The standard InChI is InChI=1S/C11H21F3N2O/c1-2-17-10(7-15)4-6-16-5-3-9(8-16)11(12,13)14/h9-10H,2-8,15H2,1H3. The van der Waals surface area contributed by atoms with Crippen LogP contribution >= 0.6 is 0 Å². The molecule has 0 radical (unpaired) electrons. The van der Waals surface area contributed by atoms with Gasteiger partial charge < -0.3 is 15.4 Å². The van der Waals surface area contributed by atoms with Crippen molar-refractivity contribution in [1.29, 1.82) is 0 Å². The van der Waals surface area contributed by atoms with E-state index in [1.54, 1.807) is 0 Å². The van der Waals surface area contributed by atoms with Crippen molar-refractivity contribution in [2.24, 2.45) is 11.7 Å². The molecule has 1 rings (SSSR count). The molecule has 1 saturated heterocycles. The molecule has 0 aromatic rings. The maximum atomic E-state index is 12.4. The minimum atomic E-state index is -4.05. The number of halogens is 3. The van der Waals surface area contributed by atoms with E-state index in [-0.39, 0.29) is 19.1 Å². The van der Waals surface area contributed by atoms with Crippen LogP contribution in [-0.2, 0) is 4.74 Å². The van der Waals surface area contributed by atoms with Gasteiger partial charge in [0, 0.05) is 26.2 Å². The summed E-state index contributed by atoms with van der Waals surface area (Å²) in [6, 6.07) is 0. The SMILES string of the molecule is CCOC(CN)CCN1CCC(C(F)(F)F)C1. The third kappa shape index (κ3) is 4.81. The Labute approximate surface area is 100 Å². The zero-order chi connectivity index (χ0) is 12.9. The lowest BCUT2D eigenvalue weighted by Gasteiger charge is -2.21. The highest BCUT2D eigenvalue weighted by atomic mass is 19.4. The average molecular weight is 254 g/mol. The maximum absolute atomic E-state index is 12.4. The Morgan fingerprint density at radius 3 is 2.65 bits per heavy atom. The number of hydrogen-bond acceptors (Lipinski definition) is 3. The Morgan fingerprint density at radius 2 is 2.18 bits per heavy atom. The van der Waals surface area contributed by atoms with Gasteiger partial charge in [-0.25, -0.2) is 0 Å². The lowest BCUT2D eigenvalue weighted by atomic mass is 10.1. The zero-order valence-corrected chi connectivity index (χ0v) is 10.2. The van der Waals surface area contributed by atoms with Gasteiger partial charge >= 0.3 is 6.18 Å². The molecule has 0 spiro atoms. The van der Waals surface area contributed by atoms with E-state index < -0.39 is 12.1 Å². The Hall–Kier alpha value is -0.330. The predicted octanol–water partition coefficient (Wildman–Crippen LogP) is 1.62. The van der Waals surface area contributed by atoms with Crippen LogP contribution < -0.4 is 5.73 Å². The molecule has 1 fully saturated rings. The molecule has 0 saturated carbocycles. The molecule has 1 heterocycles. The van der Waals surface area contributed by atoms with Crippen LogP contribution in [0, 0.1) is 5.92 Å². The summed E-state index contributed by atoms with van der Waals surface area (Å²) in [4.78, 5) is 1.85. The van der Waals surface area contributed by atoms with Gasteiger partial charge in [0.05, 0.1) is 12.0 Å². The molecular formula is C11H21F3N2O. The number of rotatable bonds is 6. The number of nitrogens with zero attached hydrogens (tertiary/aromatic N) is 1. The van der Waals surface area contributed by atoms with Crippen LogP contribution in [0.4, 0.5) is 13.2 Å². The van der Waals surface area contributed by atoms with E-state index in [2.05, 4.69) is 0 Å². The minimum Gasteiger partial charge on any atom is -0.377 e. The molecule has 0 aromatic heterocycles. The molecule has 2 N–H and O–H groups in total. The quantitative estimate of drug-likeness (QED) is 0.783. The lowest BCUT2D eigenvalue weighted by molar-refractivity contribution is -0.170. The fraction of sp³-hybridized carbons (Fsp3) is 1.00. The topological polar surface area (TPSA) is 38.5 Å². The Kier molecular flexibility index (Phi) is 5.69. The Bertz CT molecular complexity index is 223. The van der Waals surface area contributed by atoms with Crippen LogP contribution in [0.25, 0.3) is 0 Å². The van der Waals surface area contributed by atoms with E-state index in [4.69, 9.17) is 10.5 Å². The summed E-state index contributed by atoms with van der Waals surface area (Å²) >= 11 is 0. The molecule has 2 unspecified atom stereocenters. The molecule has 0 aliphatic carbocycles. The van der Waals surface area contributed by atoms with Crippen LogP contribution in [-0.4, -0.2) is 50.0 Å². The number of likely N-dealkylation sites (tertiary alicyclic amines) is 1. The molecule has 102 valence electrons. The van der Waals surface area contributed by atoms with E-state index >= 15 is 0 Å². The van der Waals surface area contributed by atoms with Gasteiger partial charge in [-0.05, 0) is 26.3 Å². The summed E-state index contributed by atoms with van der Waals surface area (Å²) in [5, 5.41) is 0. The summed E-state index contributed by atoms with van der Waals surface area (Å²) in [5.74, 6) is -1.16. The number of hydrogen-bond donors (Lipinski definition) is 1. The van der Waals surface area contributed by atoms with Gasteiger partial charge in [-0.15, -0.1) is 0 Å². The molecule has 0 aromatic carbocycles. The van der Waals surface area contributed by atoms with Crippen LogP contribution in [0.15, 0.2) is 0 Å². The highest BCUT2D eigenvalue weighted by Gasteiger charge is 2.43. The molecule has 0 bridgehead atoms. The largest absolute Gasteiger partial charge is 0.393 e. The lowest BCUT2D eigenvalue weighted by Crippen LogP contribution is -2.32. The maximum Gasteiger partial charge on any atom is 0.393 e. The second-order valence-corrected chi connectivity index (χ2v) is 4.43. The molecule has 0 amide bonds. The van der Waals surface area contributed by atoms with Gasteiger partial charge in [-0.1, -0.05) is 0 Å². The van der Waals surface area contributed by atoms with Crippen molar-refractivity contribution < 1.29 is 17.9 Å². The summed E-state index contributed by atoms with van der Waals surface area (Å²) in [6.45, 7) is 4.17. The smallest absolute Gasteiger partial charge is 0.377 e. The molecule has 17 heavy (non-hydrogen) atoms. The Morgan fingerprint density at radius 1 is 1.47 bits per heavy atom. The van der Waals surface area contributed by atoms with Crippen molar-refractivity contribution in [1.82, 2.24) is 4.90 Å². The van der Waals surface area contributed by atoms with Crippen molar-refractivity contribution in [2.75, 3.05) is 32.8 Å². The molecule has 1 aliphatic rings. The van der Waals surface area contributed by atoms with Crippen molar-refractivity contribution >= 4 is 0 Å². The first-order chi connectivity index (χ1) is 7.97. The van der Waals surface area contributed by atoms with Crippen LogP contribution in [0.5, 0.6) is 0 Å². The monoisotopic (exact) mass is 254 g/mol. The average Bonchev–Trinajstić information content (AvgIpc) is 2.72. The zero-order valence-electron chi connectivity index (χ0n) is 10.2. The van der Waals surface area contributed by atoms with Crippen molar-refractivity contribution in [3.63, 3.8) is 0 Å². The fourth-order valence-corrected chi connectivity index (χ4v) is 2.13. The highest BCUT2D eigenvalue weighted by molar-refractivity contribution is 4.81. The fourth-order valence-electron chi connectivity index (χ4n) is 2.13. The second-order valence-electron chi connectivity index (χ2n) is 4.43. The van der Waals surface area contributed by atoms with Crippen LogP contribution in [0.2, 0.25) is 0 Å². The van der Waals surface area contributed by atoms with E-state index in [0.717, 1.165) is 0 Å². The van der Waals surface area contributed by atoms with Gasteiger partial charge in [0.2, 0.25) is 0 Å². The van der Waals surface area contributed by atoms with Gasteiger partial charge in [-0.2, -0.15) is 13.2 Å². The third-order valence-corrected chi connectivity index (χ3v) is 3.17. The highest BCUT2D eigenvalue weighted by Crippen LogP contribution is 2.33. The minimum absolute atomic E-state index is 0.0371. The van der Waals surface area contributed by atoms with E-state index in [1.165, 1.54) is 0 Å². The molecule has 6 heteroatoms. The second kappa shape index (κ2) is 6.56. The number of alkyl halides is 3. The molecule has 1 aliphatic heterocycles. The predicted molar refractivity (Wildman–Crippen MR) is 59.7 cm³/mol. The molecule has 3 nitrogen and oxygen atoms in total. The Balaban J connectivity index is 2.26. The first-order valence-electron chi connectivity index (χ1n) is 6.08. The summed E-state index contributed by atoms with van der Waals surface area (Å²) < 4.78 is 42.7. The van der Waals surface area contributed by atoms with Crippen molar-refractivity contribution in [3.05, 3.63) is 0 Å². The number of ether oxygens (including phenoxy) is 1. The molecule has 2 atom stereocenters. The van der Waals surface area contributed by atoms with Crippen LogP contribution in [0.1, 0.15) is 19.8 Å². The normalized spacial score (nSPS) is 24.2. The molecular weight excluding hydrogens is 233 g/mol. The van der Waals surface area contributed by atoms with Gasteiger partial charge in [-0.3, -0.25) is 0 Å². The van der Waals surface area contributed by atoms with Crippen LogP contribution in [0.3, 0.4) is 0 Å². The van der Waals surface area contributed by atoms with E-state index in [0.29, 0.717) is 32.7 Å². The van der Waals surface area contributed by atoms with Gasteiger partial charge in [0.1, 0.15) is 0 Å². The van der Waals surface area contributed by atoms with Gasteiger partial charge in [0.15, 0.2) is 0 Å². The first-order valence-corrected chi connectivity index (χ1v) is 6.08. The van der Waals surface area contributed by atoms with Crippen molar-refractivity contribution in [2.45, 2.75) is 32.0 Å². The first kappa shape index (κ1) is 14.7. The summed E-state index contributed by atoms with van der Waals surface area (Å²) in [6.07, 6.45) is -3.17. The summed E-state index contributed by atoms with van der Waals surface area (Å²) in [7, 11) is 0. The van der Waals surface area contributed by atoms with E-state index in [9.17, 15) is 13.2 Å². The van der Waals surface area contributed by atoms with E-state index in [1.807, 2.05) is 11.8 Å². The summed E-state index contributed by atoms with van der Waals surface area (Å²) in [5.41, 5.74) is 5.52. The third-order valence-electron chi connectivity index (χ3n) is 3.17.